The van der Waals surface area contributed by atoms with Gasteiger partial charge in [-0.2, -0.15) is 0 Å². The maximum Gasteiger partial charge on any atom is 0.335 e. The number of halogens is 2. The van der Waals surface area contributed by atoms with E-state index in [1.165, 1.54) is 24.3 Å². The molecular weight excluding hydrogens is 587 g/mol. The molecule has 0 saturated carbocycles. The highest BCUT2D eigenvalue weighted by molar-refractivity contribution is 14.1. The number of aromatic carboxylic acids is 1. The minimum Gasteiger partial charge on any atom is -0.488 e. The highest BCUT2D eigenvalue weighted by Crippen LogP contribution is 2.27. The van der Waals surface area contributed by atoms with Gasteiger partial charge in [-0.05, 0) is 82.3 Å². The summed E-state index contributed by atoms with van der Waals surface area (Å²) in [6.45, 7) is 0.230. The molecule has 1 fully saturated rings. The third-order valence-electron chi connectivity index (χ3n) is 5.03. The molecule has 4 amide bonds. The normalized spacial score (nSPS) is 14.7. The summed E-state index contributed by atoms with van der Waals surface area (Å²) in [6.07, 6.45) is 1.40. The van der Waals surface area contributed by atoms with Crippen molar-refractivity contribution in [3.05, 3.63) is 97.6 Å². The Labute approximate surface area is 218 Å². The summed E-state index contributed by atoms with van der Waals surface area (Å²) in [5.41, 5.74) is 1.59. The van der Waals surface area contributed by atoms with Gasteiger partial charge in [-0.3, -0.25) is 14.9 Å². The van der Waals surface area contributed by atoms with Crippen molar-refractivity contribution in [2.45, 2.75) is 6.61 Å². The second-order valence-corrected chi connectivity index (χ2v) is 9.02. The number of carbonyl (C=O) groups excluding carboxylic acids is 3. The van der Waals surface area contributed by atoms with Crippen LogP contribution in [0.2, 0.25) is 5.02 Å². The molecule has 10 heteroatoms. The molecule has 8 nitrogen and oxygen atoms in total. The number of nitrogens with one attached hydrogen (secondary N) is 1. The summed E-state index contributed by atoms with van der Waals surface area (Å²) in [4.78, 5) is 49.6. The molecule has 2 N–H and O–H groups in total. The van der Waals surface area contributed by atoms with Crippen LogP contribution in [0.15, 0.2) is 72.3 Å². The zero-order valence-corrected chi connectivity index (χ0v) is 20.7. The summed E-state index contributed by atoms with van der Waals surface area (Å²) in [5, 5.41) is 11.5. The molecule has 1 heterocycles. The Balaban J connectivity index is 1.53. The molecule has 0 radical (unpaired) electrons. The van der Waals surface area contributed by atoms with Crippen LogP contribution in [0.25, 0.3) is 6.08 Å². The molecule has 4 rings (SSSR count). The van der Waals surface area contributed by atoms with E-state index in [1.54, 1.807) is 48.5 Å². The summed E-state index contributed by atoms with van der Waals surface area (Å²) in [7, 11) is 0. The van der Waals surface area contributed by atoms with E-state index < -0.39 is 23.8 Å². The zero-order valence-electron chi connectivity index (χ0n) is 17.8. The number of urea groups is 1. The maximum absolute atomic E-state index is 13.0. The summed E-state index contributed by atoms with van der Waals surface area (Å²) in [6, 6.07) is 16.8. The number of carboxylic acids is 1. The van der Waals surface area contributed by atoms with Gasteiger partial charge in [0.15, 0.2) is 0 Å². The quantitative estimate of drug-likeness (QED) is 0.236. The molecular formula is C25H16ClIN2O6. The molecule has 3 aromatic rings. The van der Waals surface area contributed by atoms with Crippen LogP contribution >= 0.6 is 34.2 Å². The SMILES string of the molecule is O=C1NC(=O)N(c2cccc(Cl)c2)C(=O)/C1=C/c1ccc(OCc2ccc(C(=O)O)cc2)c(I)c1. The average Bonchev–Trinajstić information content (AvgIpc) is 2.81. The monoisotopic (exact) mass is 602 g/mol. The number of ether oxygens (including phenoxy) is 1. The second kappa shape index (κ2) is 10.3. The number of imide groups is 2. The fraction of sp³-hybridized carbons (Fsp3) is 0.0400. The topological polar surface area (TPSA) is 113 Å². The molecule has 0 unspecified atom stereocenters. The largest absolute Gasteiger partial charge is 0.488 e. The first-order valence-electron chi connectivity index (χ1n) is 10.1. The number of nitrogens with zero attached hydrogens (tertiary/aromatic N) is 1. The molecule has 1 aliphatic heterocycles. The van der Waals surface area contributed by atoms with Crippen LogP contribution in [-0.4, -0.2) is 28.9 Å². The Hall–Kier alpha value is -3.70. The third kappa shape index (κ3) is 5.52. The Bertz CT molecular complexity index is 1390. The molecule has 1 aliphatic rings. The predicted octanol–water partition coefficient (Wildman–Crippen LogP) is 4.89. The van der Waals surface area contributed by atoms with E-state index >= 15 is 0 Å². The lowest BCUT2D eigenvalue weighted by Crippen LogP contribution is -2.54. The van der Waals surface area contributed by atoms with Gasteiger partial charge >= 0.3 is 12.0 Å². The minimum atomic E-state index is -0.998. The number of carboxylic acid groups (broad SMARTS) is 1. The van der Waals surface area contributed by atoms with Crippen LogP contribution in [0, 0.1) is 3.57 Å². The van der Waals surface area contributed by atoms with E-state index in [-0.39, 0.29) is 23.4 Å². The Morgan fingerprint density at radius 2 is 1.80 bits per heavy atom. The number of hydrogen-bond donors (Lipinski definition) is 2. The Morgan fingerprint density at radius 3 is 2.46 bits per heavy atom. The van der Waals surface area contributed by atoms with Crippen LogP contribution in [-0.2, 0) is 16.2 Å². The van der Waals surface area contributed by atoms with Gasteiger partial charge in [-0.15, -0.1) is 0 Å². The van der Waals surface area contributed by atoms with Crippen LogP contribution in [0.3, 0.4) is 0 Å². The molecule has 0 aliphatic carbocycles. The predicted molar refractivity (Wildman–Crippen MR) is 137 cm³/mol. The summed E-state index contributed by atoms with van der Waals surface area (Å²) in [5.74, 6) is -1.98. The number of anilines is 1. The highest BCUT2D eigenvalue weighted by Gasteiger charge is 2.36. The van der Waals surface area contributed by atoms with Crippen molar-refractivity contribution in [1.82, 2.24) is 5.32 Å². The number of carbonyl (C=O) groups is 4. The fourth-order valence-electron chi connectivity index (χ4n) is 3.30. The molecule has 0 aromatic heterocycles. The molecule has 0 atom stereocenters. The van der Waals surface area contributed by atoms with Crippen molar-refractivity contribution in [2.75, 3.05) is 4.90 Å². The number of hydrogen-bond acceptors (Lipinski definition) is 5. The number of benzene rings is 3. The van der Waals surface area contributed by atoms with Crippen molar-refractivity contribution in [3.8, 4) is 5.75 Å². The van der Waals surface area contributed by atoms with Crippen LogP contribution in [0.1, 0.15) is 21.5 Å². The molecule has 3 aromatic carbocycles. The first-order chi connectivity index (χ1) is 16.7. The standard InChI is InChI=1S/C25H16ClIN2O6/c26-17-2-1-3-18(12-17)29-23(31)19(22(30)28-25(29)34)10-15-6-9-21(20(27)11-15)35-13-14-4-7-16(8-5-14)24(32)33/h1-12H,13H2,(H,32,33)(H,28,30,34)/b19-10+. The van der Waals surface area contributed by atoms with Gasteiger partial charge in [-0.25, -0.2) is 14.5 Å². The lowest BCUT2D eigenvalue weighted by atomic mass is 10.1. The Kier molecular flexibility index (Phi) is 7.17. The van der Waals surface area contributed by atoms with Crippen LogP contribution < -0.4 is 15.0 Å². The summed E-state index contributed by atoms with van der Waals surface area (Å²) < 4.78 is 6.55. The van der Waals surface area contributed by atoms with E-state index in [1.807, 2.05) is 0 Å². The number of barbiturate groups is 1. The van der Waals surface area contributed by atoms with Crippen LogP contribution in [0.5, 0.6) is 5.75 Å². The molecule has 35 heavy (non-hydrogen) atoms. The second-order valence-electron chi connectivity index (χ2n) is 7.42. The smallest absolute Gasteiger partial charge is 0.335 e. The molecule has 1 saturated heterocycles. The van der Waals surface area contributed by atoms with Gasteiger partial charge in [0.1, 0.15) is 17.9 Å². The van der Waals surface area contributed by atoms with Gasteiger partial charge in [-0.1, -0.05) is 35.9 Å². The fourth-order valence-corrected chi connectivity index (χ4v) is 4.18. The van der Waals surface area contributed by atoms with E-state index in [0.717, 1.165) is 14.0 Å². The van der Waals surface area contributed by atoms with Crippen molar-refractivity contribution in [1.29, 1.82) is 0 Å². The van der Waals surface area contributed by atoms with E-state index in [2.05, 4.69) is 27.9 Å². The first-order valence-corrected chi connectivity index (χ1v) is 11.6. The molecule has 0 bridgehead atoms. The zero-order chi connectivity index (χ0) is 25.1. The maximum atomic E-state index is 13.0. The summed E-state index contributed by atoms with van der Waals surface area (Å²) >= 11 is 8.05. The molecule has 176 valence electrons. The van der Waals surface area contributed by atoms with Gasteiger partial charge in [0.2, 0.25) is 0 Å². The molecule has 0 spiro atoms. The van der Waals surface area contributed by atoms with Crippen molar-refractivity contribution in [2.24, 2.45) is 0 Å². The van der Waals surface area contributed by atoms with Crippen molar-refractivity contribution >= 4 is 69.8 Å². The highest BCUT2D eigenvalue weighted by atomic mass is 127. The lowest BCUT2D eigenvalue weighted by molar-refractivity contribution is -0.122. The lowest BCUT2D eigenvalue weighted by Gasteiger charge is -2.26. The van der Waals surface area contributed by atoms with E-state index in [4.69, 9.17) is 21.4 Å². The van der Waals surface area contributed by atoms with Gasteiger partial charge in [0.05, 0.1) is 14.8 Å². The number of rotatable bonds is 6. The van der Waals surface area contributed by atoms with Gasteiger partial charge < -0.3 is 9.84 Å². The van der Waals surface area contributed by atoms with E-state index in [9.17, 15) is 19.2 Å². The average molecular weight is 603 g/mol. The first kappa shape index (κ1) is 24.4. The third-order valence-corrected chi connectivity index (χ3v) is 6.11. The van der Waals surface area contributed by atoms with Crippen LogP contribution in [0.4, 0.5) is 10.5 Å². The van der Waals surface area contributed by atoms with Crippen molar-refractivity contribution in [3.63, 3.8) is 0 Å². The number of amides is 4. The van der Waals surface area contributed by atoms with Gasteiger partial charge in [0, 0.05) is 5.02 Å². The van der Waals surface area contributed by atoms with E-state index in [0.29, 0.717) is 16.3 Å². The Morgan fingerprint density at radius 1 is 1.06 bits per heavy atom. The van der Waals surface area contributed by atoms with Gasteiger partial charge in [0.25, 0.3) is 11.8 Å². The van der Waals surface area contributed by atoms with Crippen molar-refractivity contribution < 1.29 is 29.0 Å². The minimum absolute atomic E-state index is 0.192.